The zero-order valence-corrected chi connectivity index (χ0v) is 10.2. The number of rotatable bonds is 3. The fraction of sp³-hybridized carbons (Fsp3) is 0.583. The van der Waals surface area contributed by atoms with Gasteiger partial charge in [0.15, 0.2) is 5.69 Å². The highest BCUT2D eigenvalue weighted by Crippen LogP contribution is 2.27. The molecule has 1 amide bonds. The highest BCUT2D eigenvalue weighted by Gasteiger charge is 2.30. The summed E-state index contributed by atoms with van der Waals surface area (Å²) >= 11 is 0. The SMILES string of the molecule is CC1(NC(=O)c2cc(C(=O)O)on2)CCCCC1. The highest BCUT2D eigenvalue weighted by atomic mass is 16.5. The number of nitrogens with zero attached hydrogens (tertiary/aromatic N) is 1. The van der Waals surface area contributed by atoms with Crippen LogP contribution >= 0.6 is 0 Å². The third kappa shape index (κ3) is 2.69. The lowest BCUT2D eigenvalue weighted by molar-refractivity contribution is 0.0650. The van der Waals surface area contributed by atoms with Gasteiger partial charge in [0, 0.05) is 11.6 Å². The molecule has 1 fully saturated rings. The van der Waals surface area contributed by atoms with Crippen LogP contribution in [0.3, 0.4) is 0 Å². The zero-order valence-electron chi connectivity index (χ0n) is 10.2. The van der Waals surface area contributed by atoms with Gasteiger partial charge in [-0.1, -0.05) is 24.4 Å². The standard InChI is InChI=1S/C12H16N2O4/c1-12(5-3-2-4-6-12)13-10(15)8-7-9(11(16)17)18-14-8/h7H,2-6H2,1H3,(H,13,15)(H,16,17). The lowest BCUT2D eigenvalue weighted by atomic mass is 9.83. The third-order valence-corrected chi connectivity index (χ3v) is 3.33. The second kappa shape index (κ2) is 4.80. The topological polar surface area (TPSA) is 92.4 Å². The molecular weight excluding hydrogens is 236 g/mol. The molecule has 2 rings (SSSR count). The van der Waals surface area contributed by atoms with Gasteiger partial charge in [0.25, 0.3) is 5.91 Å². The van der Waals surface area contributed by atoms with Crippen LogP contribution in [0.4, 0.5) is 0 Å². The number of carboxylic acid groups (broad SMARTS) is 1. The Bertz CT molecular complexity index is 460. The number of aromatic nitrogens is 1. The molecule has 6 nitrogen and oxygen atoms in total. The summed E-state index contributed by atoms with van der Waals surface area (Å²) in [6.07, 6.45) is 5.25. The van der Waals surface area contributed by atoms with E-state index in [1.54, 1.807) is 0 Å². The first-order valence-corrected chi connectivity index (χ1v) is 6.03. The monoisotopic (exact) mass is 252 g/mol. The number of hydrogen-bond donors (Lipinski definition) is 2. The number of amides is 1. The molecule has 2 N–H and O–H groups in total. The number of aromatic carboxylic acids is 1. The Morgan fingerprint density at radius 3 is 2.61 bits per heavy atom. The van der Waals surface area contributed by atoms with E-state index in [4.69, 9.17) is 5.11 Å². The van der Waals surface area contributed by atoms with Crippen molar-refractivity contribution < 1.29 is 19.2 Å². The number of carbonyl (C=O) groups is 2. The molecule has 0 atom stereocenters. The molecule has 0 saturated heterocycles. The molecule has 1 aliphatic rings. The van der Waals surface area contributed by atoms with E-state index in [1.165, 1.54) is 6.42 Å². The van der Waals surface area contributed by atoms with Gasteiger partial charge < -0.3 is 14.9 Å². The molecule has 0 radical (unpaired) electrons. The summed E-state index contributed by atoms with van der Waals surface area (Å²) in [4.78, 5) is 22.6. The highest BCUT2D eigenvalue weighted by molar-refractivity contribution is 5.95. The summed E-state index contributed by atoms with van der Waals surface area (Å²) < 4.78 is 4.56. The van der Waals surface area contributed by atoms with Crippen molar-refractivity contribution in [2.75, 3.05) is 0 Å². The smallest absolute Gasteiger partial charge is 0.374 e. The van der Waals surface area contributed by atoms with Crippen molar-refractivity contribution >= 4 is 11.9 Å². The quantitative estimate of drug-likeness (QED) is 0.856. The Hall–Kier alpha value is -1.85. The minimum atomic E-state index is -1.23. The van der Waals surface area contributed by atoms with E-state index in [9.17, 15) is 9.59 Å². The first-order chi connectivity index (χ1) is 8.50. The Labute approximate surface area is 104 Å². The number of carbonyl (C=O) groups excluding carboxylic acids is 1. The van der Waals surface area contributed by atoms with Crippen LogP contribution in [0.5, 0.6) is 0 Å². The average molecular weight is 252 g/mol. The molecule has 6 heteroatoms. The van der Waals surface area contributed by atoms with Gasteiger partial charge in [-0.05, 0) is 19.8 Å². The molecule has 0 spiro atoms. The predicted octanol–water partition coefficient (Wildman–Crippen LogP) is 1.83. The Morgan fingerprint density at radius 2 is 2.06 bits per heavy atom. The fourth-order valence-electron chi connectivity index (χ4n) is 2.28. The minimum absolute atomic E-state index is 0.0131. The molecule has 0 aromatic carbocycles. The molecule has 18 heavy (non-hydrogen) atoms. The maximum atomic E-state index is 11.9. The molecule has 0 bridgehead atoms. The van der Waals surface area contributed by atoms with E-state index in [2.05, 4.69) is 15.0 Å². The van der Waals surface area contributed by atoms with Gasteiger partial charge in [0.05, 0.1) is 0 Å². The number of hydrogen-bond acceptors (Lipinski definition) is 4. The normalized spacial score (nSPS) is 18.3. The largest absolute Gasteiger partial charge is 0.475 e. The van der Waals surface area contributed by atoms with Gasteiger partial charge in [0.1, 0.15) is 0 Å². The summed E-state index contributed by atoms with van der Waals surface area (Å²) in [5, 5.41) is 15.1. The van der Waals surface area contributed by atoms with Crippen LogP contribution in [0.25, 0.3) is 0 Å². The summed E-state index contributed by atoms with van der Waals surface area (Å²) in [6.45, 7) is 2.00. The van der Waals surface area contributed by atoms with E-state index in [1.807, 2.05) is 6.92 Å². The van der Waals surface area contributed by atoms with Gasteiger partial charge >= 0.3 is 5.97 Å². The third-order valence-electron chi connectivity index (χ3n) is 3.33. The molecule has 1 saturated carbocycles. The summed E-state index contributed by atoms with van der Waals surface area (Å²) in [6, 6.07) is 1.14. The summed E-state index contributed by atoms with van der Waals surface area (Å²) in [5.41, 5.74) is -0.211. The van der Waals surface area contributed by atoms with E-state index in [-0.39, 0.29) is 22.9 Å². The lowest BCUT2D eigenvalue weighted by Gasteiger charge is -2.34. The average Bonchev–Trinajstić information content (AvgIpc) is 2.78. The maximum Gasteiger partial charge on any atom is 0.374 e. The van der Waals surface area contributed by atoms with Gasteiger partial charge in [-0.15, -0.1) is 0 Å². The van der Waals surface area contributed by atoms with Gasteiger partial charge in [-0.2, -0.15) is 0 Å². The van der Waals surface area contributed by atoms with Crippen molar-refractivity contribution in [1.82, 2.24) is 10.5 Å². The van der Waals surface area contributed by atoms with Crippen molar-refractivity contribution in [3.8, 4) is 0 Å². The van der Waals surface area contributed by atoms with E-state index < -0.39 is 5.97 Å². The van der Waals surface area contributed by atoms with E-state index in [0.29, 0.717) is 0 Å². The zero-order chi connectivity index (χ0) is 13.2. The van der Waals surface area contributed by atoms with Gasteiger partial charge in [-0.3, -0.25) is 4.79 Å². The van der Waals surface area contributed by atoms with Crippen molar-refractivity contribution in [3.05, 3.63) is 17.5 Å². The van der Waals surface area contributed by atoms with Crippen LogP contribution in [-0.4, -0.2) is 27.7 Å². The second-order valence-corrected chi connectivity index (χ2v) is 4.96. The predicted molar refractivity (Wildman–Crippen MR) is 62.4 cm³/mol. The van der Waals surface area contributed by atoms with Crippen molar-refractivity contribution in [3.63, 3.8) is 0 Å². The number of nitrogens with one attached hydrogen (secondary N) is 1. The first-order valence-electron chi connectivity index (χ1n) is 6.03. The van der Waals surface area contributed by atoms with Crippen molar-refractivity contribution in [2.24, 2.45) is 0 Å². The van der Waals surface area contributed by atoms with Crippen LogP contribution in [0.15, 0.2) is 10.6 Å². The molecule has 0 aliphatic heterocycles. The molecule has 1 aliphatic carbocycles. The maximum absolute atomic E-state index is 11.9. The van der Waals surface area contributed by atoms with Crippen LogP contribution in [-0.2, 0) is 0 Å². The molecule has 98 valence electrons. The molecule has 1 heterocycles. The molecule has 1 aromatic rings. The van der Waals surface area contributed by atoms with Crippen LogP contribution in [0.2, 0.25) is 0 Å². The van der Waals surface area contributed by atoms with E-state index in [0.717, 1.165) is 31.7 Å². The van der Waals surface area contributed by atoms with Crippen LogP contribution < -0.4 is 5.32 Å². The molecule has 1 aromatic heterocycles. The van der Waals surface area contributed by atoms with Crippen molar-refractivity contribution in [2.45, 2.75) is 44.6 Å². The van der Waals surface area contributed by atoms with Crippen LogP contribution in [0, 0.1) is 0 Å². The lowest BCUT2D eigenvalue weighted by Crippen LogP contribution is -2.47. The van der Waals surface area contributed by atoms with Gasteiger partial charge in [0.2, 0.25) is 5.76 Å². The molecule has 0 unspecified atom stereocenters. The molecular formula is C12H16N2O4. The summed E-state index contributed by atoms with van der Waals surface area (Å²) in [7, 11) is 0. The van der Waals surface area contributed by atoms with Crippen molar-refractivity contribution in [1.29, 1.82) is 0 Å². The Kier molecular flexibility index (Phi) is 3.36. The van der Waals surface area contributed by atoms with Crippen LogP contribution in [0.1, 0.15) is 60.1 Å². The van der Waals surface area contributed by atoms with Gasteiger partial charge in [-0.25, -0.2) is 4.79 Å². The minimum Gasteiger partial charge on any atom is -0.475 e. The fourth-order valence-corrected chi connectivity index (χ4v) is 2.28. The number of carboxylic acids is 1. The second-order valence-electron chi connectivity index (χ2n) is 4.96. The summed E-state index contributed by atoms with van der Waals surface area (Å²) in [5.74, 6) is -1.94. The first kappa shape index (κ1) is 12.6. The Morgan fingerprint density at radius 1 is 1.39 bits per heavy atom. The van der Waals surface area contributed by atoms with E-state index >= 15 is 0 Å². The Balaban J connectivity index is 2.04.